The Kier molecular flexibility index (Phi) is 47.7. The Morgan fingerprint density at radius 3 is 1.23 bits per heavy atom. The molecule has 19 heteroatoms. The van der Waals surface area contributed by atoms with Crippen molar-refractivity contribution in [2.24, 2.45) is 0 Å². The Labute approximate surface area is 545 Å². The first kappa shape index (κ1) is 81.9. The van der Waals surface area contributed by atoms with E-state index in [-0.39, 0.29) is 18.9 Å². The van der Waals surface area contributed by atoms with Gasteiger partial charge in [-0.05, 0) is 83.5 Å². The van der Waals surface area contributed by atoms with Gasteiger partial charge in [0.25, 0.3) is 0 Å². The molecular weight excluding hydrogens is 1170 g/mol. The molecule has 0 saturated carbocycles. The summed E-state index contributed by atoms with van der Waals surface area (Å²) in [6, 6.07) is -0.994. The monoisotopic (exact) mass is 1290 g/mol. The van der Waals surface area contributed by atoms with E-state index in [1.54, 1.807) is 6.08 Å². The summed E-state index contributed by atoms with van der Waals surface area (Å²) < 4.78 is 34.3. The van der Waals surface area contributed by atoms with Crippen LogP contribution in [0.25, 0.3) is 0 Å². The van der Waals surface area contributed by atoms with Crippen LogP contribution < -0.4 is 5.32 Å². The van der Waals surface area contributed by atoms with Crippen molar-refractivity contribution in [1.29, 1.82) is 0 Å². The summed E-state index contributed by atoms with van der Waals surface area (Å²) in [5.41, 5.74) is 0. The summed E-state index contributed by atoms with van der Waals surface area (Å²) in [5.74, 6) is -0.290. The topological polar surface area (TPSA) is 307 Å². The molecule has 3 heterocycles. The predicted molar refractivity (Wildman–Crippen MR) is 355 cm³/mol. The molecule has 0 aromatic carbocycles. The molecule has 19 nitrogen and oxygen atoms in total. The van der Waals surface area contributed by atoms with E-state index in [1.165, 1.54) is 96.3 Å². The number of hydrogen-bond donors (Lipinski definition) is 12. The quantitative estimate of drug-likeness (QED) is 0.0199. The Balaban J connectivity index is 1.37. The molecule has 17 atom stereocenters. The fourth-order valence-electron chi connectivity index (χ4n) is 11.2. The highest BCUT2D eigenvalue weighted by molar-refractivity contribution is 5.76. The number of nitrogens with one attached hydrogen (secondary N) is 1. The largest absolute Gasteiger partial charge is 0.394 e. The van der Waals surface area contributed by atoms with Gasteiger partial charge in [-0.25, -0.2) is 0 Å². The van der Waals surface area contributed by atoms with E-state index in [9.17, 15) is 61.0 Å². The van der Waals surface area contributed by atoms with Gasteiger partial charge in [0.05, 0.1) is 38.6 Å². The van der Waals surface area contributed by atoms with Gasteiger partial charge in [0.2, 0.25) is 5.91 Å². The first-order valence-electron chi connectivity index (χ1n) is 35.0. The van der Waals surface area contributed by atoms with Gasteiger partial charge in [-0.15, -0.1) is 0 Å². The highest BCUT2D eigenvalue weighted by Gasteiger charge is 2.53. The molecule has 0 aromatic rings. The summed E-state index contributed by atoms with van der Waals surface area (Å²) in [4.78, 5) is 13.4. The van der Waals surface area contributed by atoms with Gasteiger partial charge in [-0.1, -0.05) is 227 Å². The maximum absolute atomic E-state index is 13.4. The number of aliphatic hydroxyl groups excluding tert-OH is 11. The second kappa shape index (κ2) is 52.9. The lowest BCUT2D eigenvalue weighted by Crippen LogP contribution is -2.66. The number of rotatable bonds is 52. The van der Waals surface area contributed by atoms with Crippen LogP contribution in [0.3, 0.4) is 0 Å². The highest BCUT2D eigenvalue weighted by atomic mass is 16.8. The average Bonchev–Trinajstić information content (AvgIpc) is 0.871. The maximum atomic E-state index is 13.4. The molecule has 3 saturated heterocycles. The van der Waals surface area contributed by atoms with Crippen LogP contribution in [0.2, 0.25) is 0 Å². The number of carbonyl (C=O) groups excluding carboxylic acids is 1. The van der Waals surface area contributed by atoms with Gasteiger partial charge in [-0.3, -0.25) is 4.79 Å². The van der Waals surface area contributed by atoms with E-state index >= 15 is 0 Å². The van der Waals surface area contributed by atoms with E-state index in [4.69, 9.17) is 28.4 Å². The molecule has 3 rings (SSSR count). The van der Waals surface area contributed by atoms with Gasteiger partial charge in [0.15, 0.2) is 18.9 Å². The number of carbonyl (C=O) groups is 1. The fourth-order valence-corrected chi connectivity index (χ4v) is 11.2. The summed E-state index contributed by atoms with van der Waals surface area (Å²) >= 11 is 0. The summed E-state index contributed by atoms with van der Waals surface area (Å²) in [5, 5.41) is 120. The second-order valence-electron chi connectivity index (χ2n) is 24.6. The van der Waals surface area contributed by atoms with Crippen LogP contribution in [0.1, 0.15) is 219 Å². The number of allylic oxidation sites excluding steroid dienone is 15. The van der Waals surface area contributed by atoms with E-state index in [1.807, 2.05) is 6.08 Å². The summed E-state index contributed by atoms with van der Waals surface area (Å²) in [7, 11) is 0. The molecule has 12 N–H and O–H groups in total. The van der Waals surface area contributed by atoms with E-state index in [0.717, 1.165) is 89.9 Å². The first-order valence-corrected chi connectivity index (χ1v) is 35.0. The number of ether oxygens (including phenoxy) is 6. The third-order valence-electron chi connectivity index (χ3n) is 16.9. The van der Waals surface area contributed by atoms with Crippen molar-refractivity contribution in [3.8, 4) is 0 Å². The van der Waals surface area contributed by atoms with Crippen molar-refractivity contribution in [1.82, 2.24) is 5.32 Å². The van der Waals surface area contributed by atoms with Crippen molar-refractivity contribution < 1.29 is 89.4 Å². The van der Waals surface area contributed by atoms with Crippen molar-refractivity contribution in [3.05, 3.63) is 97.2 Å². The van der Waals surface area contributed by atoms with Gasteiger partial charge in [0.1, 0.15) is 73.2 Å². The molecule has 3 aliphatic heterocycles. The lowest BCUT2D eigenvalue weighted by atomic mass is 9.96. The van der Waals surface area contributed by atoms with Crippen LogP contribution in [0.15, 0.2) is 97.2 Å². The summed E-state index contributed by atoms with van der Waals surface area (Å²) in [6.45, 7) is 1.57. The van der Waals surface area contributed by atoms with Crippen LogP contribution in [-0.2, 0) is 33.2 Å². The zero-order valence-electron chi connectivity index (χ0n) is 55.3. The van der Waals surface area contributed by atoms with E-state index in [0.29, 0.717) is 12.8 Å². The van der Waals surface area contributed by atoms with Crippen LogP contribution in [-0.4, -0.2) is 193 Å². The van der Waals surface area contributed by atoms with Crippen molar-refractivity contribution >= 4 is 5.91 Å². The highest BCUT2D eigenvalue weighted by Crippen LogP contribution is 2.33. The molecule has 1 amide bonds. The van der Waals surface area contributed by atoms with Gasteiger partial charge in [0, 0.05) is 6.42 Å². The minimum Gasteiger partial charge on any atom is -0.394 e. The van der Waals surface area contributed by atoms with Gasteiger partial charge >= 0.3 is 0 Å². The van der Waals surface area contributed by atoms with E-state index in [2.05, 4.69) is 104 Å². The van der Waals surface area contributed by atoms with Crippen LogP contribution >= 0.6 is 0 Å². The maximum Gasteiger partial charge on any atom is 0.220 e. The normalized spacial score (nSPS) is 28.5. The number of unbranched alkanes of at least 4 members (excludes halogenated alkanes) is 22. The van der Waals surface area contributed by atoms with Gasteiger partial charge < -0.3 is 89.9 Å². The molecule has 0 aliphatic carbocycles. The van der Waals surface area contributed by atoms with Crippen molar-refractivity contribution in [2.45, 2.75) is 324 Å². The Morgan fingerprint density at radius 1 is 0.407 bits per heavy atom. The molecule has 524 valence electrons. The van der Waals surface area contributed by atoms with Crippen molar-refractivity contribution in [2.75, 3.05) is 26.4 Å². The molecule has 91 heavy (non-hydrogen) atoms. The third kappa shape index (κ3) is 34.8. The Bertz CT molecular complexity index is 2030. The van der Waals surface area contributed by atoms with Gasteiger partial charge in [-0.2, -0.15) is 0 Å². The molecule has 0 spiro atoms. The van der Waals surface area contributed by atoms with Crippen LogP contribution in [0, 0.1) is 0 Å². The second-order valence-corrected chi connectivity index (χ2v) is 24.6. The molecule has 0 aromatic heterocycles. The summed E-state index contributed by atoms with van der Waals surface area (Å²) in [6.07, 6.45) is 42.6. The molecule has 0 bridgehead atoms. The SMILES string of the molecule is CC/C=C\C/C=C\C/C=C\C/C=C\C/C=C\C/C=C\CCCCCCCCCCCCCCCCC(=O)NC(COC1OC(CO)C(OC2OC(CO)C(OC3OC(CO)C(O)C(O)C3O)C(O)C2O)C(O)C1O)C(O)/C=C/CC/C=C/CCCCCCCCC. The number of amides is 1. The lowest BCUT2D eigenvalue weighted by molar-refractivity contribution is -0.379. The average molecular weight is 1290 g/mol. The molecule has 3 fully saturated rings. The lowest BCUT2D eigenvalue weighted by Gasteiger charge is -2.48. The van der Waals surface area contributed by atoms with Crippen LogP contribution in [0.4, 0.5) is 0 Å². The zero-order chi connectivity index (χ0) is 66.1. The Morgan fingerprint density at radius 2 is 0.769 bits per heavy atom. The number of hydrogen-bond acceptors (Lipinski definition) is 18. The minimum atomic E-state index is -1.98. The van der Waals surface area contributed by atoms with E-state index < -0.39 is 124 Å². The number of aliphatic hydroxyl groups is 11. The van der Waals surface area contributed by atoms with Crippen molar-refractivity contribution in [3.63, 3.8) is 0 Å². The predicted octanol–water partition coefficient (Wildman–Crippen LogP) is 9.27. The molecule has 0 radical (unpaired) electrons. The Hall–Kier alpha value is -3.29. The van der Waals surface area contributed by atoms with Crippen LogP contribution in [0.5, 0.6) is 0 Å². The molecule has 17 unspecified atom stereocenters. The molecular formula is C72H123NO18. The zero-order valence-corrected chi connectivity index (χ0v) is 55.3. The minimum absolute atomic E-state index is 0.230. The third-order valence-corrected chi connectivity index (χ3v) is 16.9. The standard InChI is InChI=1S/C72H123NO18/c1-3-5-7-9-11-13-15-17-18-19-20-21-22-23-24-25-26-27-28-29-30-31-32-33-34-35-36-38-40-42-44-46-48-50-60(78)73-55(56(77)49-47-45-43-41-39-37-16-14-12-10-8-6-4-2)54-86-70-66(84)63(81)68(58(52-75)88-70)91-72-67(85)64(82)69(59(53-76)89-72)90-71-65(83)62(80)61(79)57(51-74)87-71/h5,7,11,13,17-18,20-21,23-24,26-27,39,41,47,49,55-59,61-72,74-77,79-85H,3-4,6,8-10,12,14-16,19,22,25,28-38,40,42-46,48,50-54H2,1-2H3,(H,73,78)/b7-5-,13-11-,18-17-,21-20-,24-23-,27-26-,41-39+,49-47+. The molecule has 3 aliphatic rings. The smallest absolute Gasteiger partial charge is 0.220 e. The fraction of sp³-hybridized carbons (Fsp3) is 0.764. The first-order chi connectivity index (χ1) is 44.3.